The summed E-state index contributed by atoms with van der Waals surface area (Å²) in [5, 5.41) is 1.04. The van der Waals surface area contributed by atoms with Crippen LogP contribution < -0.4 is 5.43 Å². The Bertz CT molecular complexity index is 923. The standard InChI is InChI=1S/C19H19ClN2O2/c20-13-10-15(19-16(11-13)18(23)6-9-24-19)17-5-4-14(21-17)12-22-7-2-1-3-8-22/h4-6,9-11,21H,1-3,7-8,12H2. The number of hydrogen-bond donors (Lipinski definition) is 1. The number of aromatic amines is 1. The van der Waals surface area contributed by atoms with Gasteiger partial charge < -0.3 is 9.40 Å². The highest BCUT2D eigenvalue weighted by atomic mass is 35.5. The summed E-state index contributed by atoms with van der Waals surface area (Å²) in [5.41, 5.74) is 3.39. The quantitative estimate of drug-likeness (QED) is 0.766. The molecule has 3 aromatic rings. The largest absolute Gasteiger partial charge is 0.463 e. The fourth-order valence-corrected chi connectivity index (χ4v) is 3.62. The average Bonchev–Trinajstić information content (AvgIpc) is 3.04. The molecule has 0 spiro atoms. The molecule has 1 N–H and O–H groups in total. The lowest BCUT2D eigenvalue weighted by Gasteiger charge is -2.25. The van der Waals surface area contributed by atoms with Crippen molar-refractivity contribution in [2.24, 2.45) is 0 Å². The molecule has 124 valence electrons. The highest BCUT2D eigenvalue weighted by Gasteiger charge is 2.14. The van der Waals surface area contributed by atoms with Gasteiger partial charge in [-0.05, 0) is 50.2 Å². The molecule has 4 nitrogen and oxygen atoms in total. The topological polar surface area (TPSA) is 49.2 Å². The Hall–Kier alpha value is -2.04. The Morgan fingerprint density at radius 2 is 1.96 bits per heavy atom. The lowest BCUT2D eigenvalue weighted by Crippen LogP contribution is -2.29. The zero-order valence-electron chi connectivity index (χ0n) is 13.3. The molecule has 4 rings (SSSR count). The molecule has 5 heteroatoms. The predicted octanol–water partition coefficient (Wildman–Crippen LogP) is 4.43. The van der Waals surface area contributed by atoms with Crippen LogP contribution in [0.2, 0.25) is 5.02 Å². The Kier molecular flexibility index (Phi) is 4.17. The van der Waals surface area contributed by atoms with Crippen molar-refractivity contribution >= 4 is 22.6 Å². The molecule has 0 amide bonds. The molecule has 0 unspecified atom stereocenters. The third-order valence-corrected chi connectivity index (χ3v) is 4.82. The first-order valence-corrected chi connectivity index (χ1v) is 8.70. The van der Waals surface area contributed by atoms with E-state index in [0.717, 1.165) is 30.9 Å². The van der Waals surface area contributed by atoms with Gasteiger partial charge in [0.05, 0.1) is 11.6 Å². The van der Waals surface area contributed by atoms with Crippen molar-refractivity contribution in [1.29, 1.82) is 0 Å². The van der Waals surface area contributed by atoms with Crippen LogP contribution >= 0.6 is 11.6 Å². The molecule has 1 aliphatic rings. The van der Waals surface area contributed by atoms with E-state index in [0.29, 0.717) is 16.0 Å². The predicted molar refractivity (Wildman–Crippen MR) is 96.4 cm³/mol. The molecule has 0 atom stereocenters. The zero-order chi connectivity index (χ0) is 16.5. The van der Waals surface area contributed by atoms with Crippen LogP contribution in [-0.2, 0) is 6.54 Å². The molecule has 0 radical (unpaired) electrons. The number of nitrogens with zero attached hydrogens (tertiary/aromatic N) is 1. The van der Waals surface area contributed by atoms with Crippen molar-refractivity contribution < 1.29 is 4.42 Å². The molecule has 1 aromatic carbocycles. The second kappa shape index (κ2) is 6.46. The Balaban J connectivity index is 1.70. The van der Waals surface area contributed by atoms with Gasteiger partial charge in [0, 0.05) is 34.6 Å². The first-order chi connectivity index (χ1) is 11.7. The molecular weight excluding hydrogens is 324 g/mol. The summed E-state index contributed by atoms with van der Waals surface area (Å²) >= 11 is 6.21. The van der Waals surface area contributed by atoms with E-state index in [1.165, 1.54) is 37.3 Å². The normalized spacial score (nSPS) is 15.9. The monoisotopic (exact) mass is 342 g/mol. The minimum atomic E-state index is -0.0832. The molecule has 0 saturated carbocycles. The average molecular weight is 343 g/mol. The second-order valence-electron chi connectivity index (χ2n) is 6.35. The van der Waals surface area contributed by atoms with E-state index in [-0.39, 0.29) is 5.43 Å². The summed E-state index contributed by atoms with van der Waals surface area (Å²) in [6.45, 7) is 3.23. The zero-order valence-corrected chi connectivity index (χ0v) is 14.1. The van der Waals surface area contributed by atoms with Crippen LogP contribution in [0.1, 0.15) is 25.0 Å². The van der Waals surface area contributed by atoms with Gasteiger partial charge >= 0.3 is 0 Å². The fourth-order valence-electron chi connectivity index (χ4n) is 3.41. The smallest absolute Gasteiger partial charge is 0.192 e. The summed E-state index contributed by atoms with van der Waals surface area (Å²) in [4.78, 5) is 18.0. The van der Waals surface area contributed by atoms with E-state index in [2.05, 4.69) is 16.0 Å². The maximum absolute atomic E-state index is 12.0. The maximum Gasteiger partial charge on any atom is 0.192 e. The van der Waals surface area contributed by atoms with E-state index in [4.69, 9.17) is 16.0 Å². The highest BCUT2D eigenvalue weighted by molar-refractivity contribution is 6.31. The summed E-state index contributed by atoms with van der Waals surface area (Å²) in [6, 6.07) is 9.03. The number of piperidine rings is 1. The van der Waals surface area contributed by atoms with E-state index >= 15 is 0 Å². The van der Waals surface area contributed by atoms with Gasteiger partial charge in [0.2, 0.25) is 0 Å². The van der Waals surface area contributed by atoms with Crippen LogP contribution in [0.15, 0.2) is 45.8 Å². The number of hydrogen-bond acceptors (Lipinski definition) is 3. The number of benzene rings is 1. The second-order valence-corrected chi connectivity index (χ2v) is 6.79. The molecule has 24 heavy (non-hydrogen) atoms. The van der Waals surface area contributed by atoms with Gasteiger partial charge in [-0.1, -0.05) is 18.0 Å². The fraction of sp³-hybridized carbons (Fsp3) is 0.316. The summed E-state index contributed by atoms with van der Waals surface area (Å²) < 4.78 is 5.60. The van der Waals surface area contributed by atoms with E-state index in [1.54, 1.807) is 6.07 Å². The first kappa shape index (κ1) is 15.5. The highest BCUT2D eigenvalue weighted by Crippen LogP contribution is 2.30. The first-order valence-electron chi connectivity index (χ1n) is 8.32. The molecule has 1 saturated heterocycles. The van der Waals surface area contributed by atoms with Crippen molar-refractivity contribution in [2.45, 2.75) is 25.8 Å². The van der Waals surface area contributed by atoms with Gasteiger partial charge in [-0.15, -0.1) is 0 Å². The molecule has 0 bridgehead atoms. The van der Waals surface area contributed by atoms with Crippen LogP contribution in [-0.4, -0.2) is 23.0 Å². The SMILES string of the molecule is O=c1ccoc2c(-c3ccc(CN4CCCCC4)[nH]3)cc(Cl)cc12. The molecular formula is C19H19ClN2O2. The molecule has 1 aliphatic heterocycles. The van der Waals surface area contributed by atoms with Gasteiger partial charge in [-0.3, -0.25) is 9.69 Å². The number of fused-ring (bicyclic) bond motifs is 1. The third kappa shape index (κ3) is 2.99. The Labute approximate surface area is 145 Å². The van der Waals surface area contributed by atoms with Gasteiger partial charge in [-0.25, -0.2) is 0 Å². The maximum atomic E-state index is 12.0. The van der Waals surface area contributed by atoms with E-state index in [9.17, 15) is 4.79 Å². The van der Waals surface area contributed by atoms with Crippen LogP contribution in [0.25, 0.3) is 22.2 Å². The third-order valence-electron chi connectivity index (χ3n) is 4.60. The van der Waals surface area contributed by atoms with Gasteiger partial charge in [0.1, 0.15) is 5.58 Å². The molecule has 0 aliphatic carbocycles. The molecule has 3 heterocycles. The number of halogens is 1. The van der Waals surface area contributed by atoms with Crippen LogP contribution in [0.3, 0.4) is 0 Å². The number of H-pyrrole nitrogens is 1. The van der Waals surface area contributed by atoms with Gasteiger partial charge in [0.25, 0.3) is 0 Å². The number of likely N-dealkylation sites (tertiary alicyclic amines) is 1. The number of aromatic nitrogens is 1. The van der Waals surface area contributed by atoms with Crippen molar-refractivity contribution in [3.8, 4) is 11.3 Å². The number of nitrogens with one attached hydrogen (secondary N) is 1. The lowest BCUT2D eigenvalue weighted by atomic mass is 10.1. The minimum Gasteiger partial charge on any atom is -0.463 e. The number of rotatable bonds is 3. The Morgan fingerprint density at radius 3 is 2.79 bits per heavy atom. The van der Waals surface area contributed by atoms with Crippen LogP contribution in [0.5, 0.6) is 0 Å². The summed E-state index contributed by atoms with van der Waals surface area (Å²) in [6.07, 6.45) is 5.31. The molecule has 1 fully saturated rings. The van der Waals surface area contributed by atoms with Crippen molar-refractivity contribution in [1.82, 2.24) is 9.88 Å². The van der Waals surface area contributed by atoms with Crippen molar-refractivity contribution in [3.05, 3.63) is 57.5 Å². The lowest BCUT2D eigenvalue weighted by molar-refractivity contribution is 0.219. The van der Waals surface area contributed by atoms with Crippen LogP contribution in [0.4, 0.5) is 0 Å². The van der Waals surface area contributed by atoms with Crippen molar-refractivity contribution in [2.75, 3.05) is 13.1 Å². The van der Waals surface area contributed by atoms with Crippen LogP contribution in [0, 0.1) is 0 Å². The van der Waals surface area contributed by atoms with Crippen molar-refractivity contribution in [3.63, 3.8) is 0 Å². The van der Waals surface area contributed by atoms with E-state index in [1.807, 2.05) is 12.1 Å². The Morgan fingerprint density at radius 1 is 1.12 bits per heavy atom. The molecule has 2 aromatic heterocycles. The van der Waals surface area contributed by atoms with Gasteiger partial charge in [0.15, 0.2) is 5.43 Å². The summed E-state index contributed by atoms with van der Waals surface area (Å²) in [7, 11) is 0. The minimum absolute atomic E-state index is 0.0832. The van der Waals surface area contributed by atoms with E-state index < -0.39 is 0 Å². The summed E-state index contributed by atoms with van der Waals surface area (Å²) in [5.74, 6) is 0. The van der Waals surface area contributed by atoms with Gasteiger partial charge in [-0.2, -0.15) is 0 Å².